The van der Waals surface area contributed by atoms with E-state index < -0.39 is 0 Å². The number of thiazole rings is 1. The third-order valence-corrected chi connectivity index (χ3v) is 5.06. The standard InChI is InChI=1S/C20H16FN5OS/c21-16-9-5-4-8-15(16)20-25-18(11-28-20)19(27)24-17(10-26-13-22-12-23-26)14-6-2-1-3-7-14/h1-9,11-13,17H,10H2,(H,24,27). The Balaban J connectivity index is 1.55. The van der Waals surface area contributed by atoms with E-state index in [1.807, 2.05) is 30.3 Å². The molecule has 1 atom stereocenters. The van der Waals surface area contributed by atoms with E-state index >= 15 is 0 Å². The smallest absolute Gasteiger partial charge is 0.271 e. The van der Waals surface area contributed by atoms with Gasteiger partial charge in [-0.15, -0.1) is 11.3 Å². The van der Waals surface area contributed by atoms with Gasteiger partial charge in [-0.05, 0) is 17.7 Å². The van der Waals surface area contributed by atoms with Crippen molar-refractivity contribution in [1.29, 1.82) is 0 Å². The molecule has 28 heavy (non-hydrogen) atoms. The van der Waals surface area contributed by atoms with Crippen LogP contribution >= 0.6 is 11.3 Å². The number of benzene rings is 2. The summed E-state index contributed by atoms with van der Waals surface area (Å²) in [6, 6.07) is 15.7. The summed E-state index contributed by atoms with van der Waals surface area (Å²) in [6.07, 6.45) is 3.05. The molecule has 4 rings (SSSR count). The average Bonchev–Trinajstić information content (AvgIpc) is 3.41. The van der Waals surface area contributed by atoms with Crippen LogP contribution in [0.2, 0.25) is 0 Å². The van der Waals surface area contributed by atoms with Crippen molar-refractivity contribution in [2.24, 2.45) is 0 Å². The van der Waals surface area contributed by atoms with Crippen molar-refractivity contribution in [2.45, 2.75) is 12.6 Å². The fraction of sp³-hybridized carbons (Fsp3) is 0.100. The second-order valence-corrected chi connectivity index (χ2v) is 6.93. The Hall–Kier alpha value is -3.39. The van der Waals surface area contributed by atoms with Crippen LogP contribution in [0.25, 0.3) is 10.6 Å². The maximum Gasteiger partial charge on any atom is 0.271 e. The summed E-state index contributed by atoms with van der Waals surface area (Å²) in [5, 5.41) is 9.21. The summed E-state index contributed by atoms with van der Waals surface area (Å²) in [4.78, 5) is 21.0. The summed E-state index contributed by atoms with van der Waals surface area (Å²) in [5.74, 6) is -0.690. The lowest BCUT2D eigenvalue weighted by atomic mass is 10.1. The molecule has 1 N–H and O–H groups in total. The number of aromatic nitrogens is 4. The molecule has 8 heteroatoms. The van der Waals surface area contributed by atoms with Crippen molar-refractivity contribution in [1.82, 2.24) is 25.1 Å². The first-order valence-corrected chi connectivity index (χ1v) is 9.47. The Bertz CT molecular complexity index is 1070. The topological polar surface area (TPSA) is 72.7 Å². The quantitative estimate of drug-likeness (QED) is 0.542. The minimum atomic E-state index is -0.364. The number of hydrogen-bond acceptors (Lipinski definition) is 5. The monoisotopic (exact) mass is 393 g/mol. The Kier molecular flexibility index (Phi) is 5.20. The number of amides is 1. The van der Waals surface area contributed by atoms with Crippen molar-refractivity contribution in [2.75, 3.05) is 0 Å². The predicted molar refractivity (Wildman–Crippen MR) is 104 cm³/mol. The largest absolute Gasteiger partial charge is 0.342 e. The Morgan fingerprint density at radius 2 is 1.93 bits per heavy atom. The second-order valence-electron chi connectivity index (χ2n) is 6.07. The fourth-order valence-electron chi connectivity index (χ4n) is 2.80. The van der Waals surface area contributed by atoms with E-state index in [4.69, 9.17) is 0 Å². The molecule has 1 unspecified atom stereocenters. The van der Waals surface area contributed by atoms with Crippen LogP contribution in [0.3, 0.4) is 0 Å². The number of hydrogen-bond donors (Lipinski definition) is 1. The Morgan fingerprint density at radius 3 is 2.68 bits per heavy atom. The molecule has 4 aromatic rings. The highest BCUT2D eigenvalue weighted by Gasteiger charge is 2.19. The van der Waals surface area contributed by atoms with Gasteiger partial charge in [-0.2, -0.15) is 5.10 Å². The minimum absolute atomic E-state index is 0.253. The predicted octanol–water partition coefficient (Wildman–Crippen LogP) is 3.71. The SMILES string of the molecule is O=C(NC(Cn1cncn1)c1ccccc1)c1csc(-c2ccccc2F)n1. The van der Waals surface area contributed by atoms with Crippen LogP contribution in [-0.2, 0) is 6.54 Å². The molecule has 0 aliphatic heterocycles. The minimum Gasteiger partial charge on any atom is -0.342 e. The first-order chi connectivity index (χ1) is 13.7. The van der Waals surface area contributed by atoms with E-state index in [2.05, 4.69) is 20.4 Å². The molecule has 0 bridgehead atoms. The number of halogens is 1. The lowest BCUT2D eigenvalue weighted by Gasteiger charge is -2.18. The lowest BCUT2D eigenvalue weighted by molar-refractivity contribution is 0.0927. The molecule has 6 nitrogen and oxygen atoms in total. The molecule has 0 saturated heterocycles. The van der Waals surface area contributed by atoms with Gasteiger partial charge in [-0.25, -0.2) is 14.4 Å². The molecule has 0 aliphatic carbocycles. The van der Waals surface area contributed by atoms with Crippen molar-refractivity contribution < 1.29 is 9.18 Å². The van der Waals surface area contributed by atoms with Gasteiger partial charge in [-0.3, -0.25) is 9.48 Å². The van der Waals surface area contributed by atoms with Crippen LogP contribution in [-0.4, -0.2) is 25.7 Å². The lowest BCUT2D eigenvalue weighted by Crippen LogP contribution is -2.31. The van der Waals surface area contributed by atoms with Crippen molar-refractivity contribution in [3.63, 3.8) is 0 Å². The van der Waals surface area contributed by atoms with Crippen molar-refractivity contribution >= 4 is 17.2 Å². The van der Waals surface area contributed by atoms with Gasteiger partial charge in [0, 0.05) is 10.9 Å². The van der Waals surface area contributed by atoms with E-state index in [0.717, 1.165) is 5.56 Å². The second kappa shape index (κ2) is 8.10. The molecule has 140 valence electrons. The average molecular weight is 393 g/mol. The molecule has 1 amide bonds. The third kappa shape index (κ3) is 3.96. The van der Waals surface area contributed by atoms with Crippen LogP contribution in [0.5, 0.6) is 0 Å². The molecule has 0 spiro atoms. The Labute approximate surface area is 164 Å². The molecule has 2 heterocycles. The number of carbonyl (C=O) groups excluding carboxylic acids is 1. The van der Waals surface area contributed by atoms with Crippen LogP contribution in [0, 0.1) is 5.82 Å². The highest BCUT2D eigenvalue weighted by atomic mass is 32.1. The number of rotatable bonds is 6. The van der Waals surface area contributed by atoms with E-state index in [9.17, 15) is 9.18 Å². The van der Waals surface area contributed by atoms with Crippen molar-refractivity contribution in [3.8, 4) is 10.6 Å². The normalized spacial score (nSPS) is 11.9. The van der Waals surface area contributed by atoms with Gasteiger partial charge in [0.2, 0.25) is 0 Å². The first kappa shape index (κ1) is 18.0. The summed E-state index contributed by atoms with van der Waals surface area (Å²) >= 11 is 1.23. The third-order valence-electron chi connectivity index (χ3n) is 4.18. The highest BCUT2D eigenvalue weighted by Crippen LogP contribution is 2.26. The summed E-state index contributed by atoms with van der Waals surface area (Å²) in [5.41, 5.74) is 1.58. The highest BCUT2D eigenvalue weighted by molar-refractivity contribution is 7.13. The summed E-state index contributed by atoms with van der Waals surface area (Å²) in [7, 11) is 0. The molecular weight excluding hydrogens is 377 g/mol. The van der Waals surface area contributed by atoms with E-state index in [0.29, 0.717) is 17.1 Å². The zero-order valence-electron chi connectivity index (χ0n) is 14.7. The van der Waals surface area contributed by atoms with E-state index in [1.54, 1.807) is 34.6 Å². The van der Waals surface area contributed by atoms with Crippen molar-refractivity contribution in [3.05, 3.63) is 89.7 Å². The first-order valence-electron chi connectivity index (χ1n) is 8.59. The fourth-order valence-corrected chi connectivity index (χ4v) is 3.63. The summed E-state index contributed by atoms with van der Waals surface area (Å²) < 4.78 is 15.6. The molecule has 0 aliphatic rings. The van der Waals surface area contributed by atoms with Gasteiger partial charge >= 0.3 is 0 Å². The van der Waals surface area contributed by atoms with E-state index in [1.165, 1.54) is 23.7 Å². The number of nitrogens with zero attached hydrogens (tertiary/aromatic N) is 4. The molecule has 0 saturated carbocycles. The van der Waals surface area contributed by atoms with Gasteiger partial charge in [0.05, 0.1) is 12.6 Å². The van der Waals surface area contributed by atoms with Gasteiger partial charge < -0.3 is 5.32 Å². The zero-order chi connectivity index (χ0) is 19.3. The van der Waals surface area contributed by atoms with Crippen LogP contribution in [0.15, 0.2) is 72.6 Å². The van der Waals surface area contributed by atoms with Gasteiger partial charge in [0.15, 0.2) is 0 Å². The van der Waals surface area contributed by atoms with E-state index in [-0.39, 0.29) is 23.5 Å². The van der Waals surface area contributed by atoms with Crippen LogP contribution < -0.4 is 5.32 Å². The number of nitrogens with one attached hydrogen (secondary N) is 1. The van der Waals surface area contributed by atoms with Gasteiger partial charge in [0.25, 0.3) is 5.91 Å². The zero-order valence-corrected chi connectivity index (χ0v) is 15.5. The van der Waals surface area contributed by atoms with Crippen LogP contribution in [0.1, 0.15) is 22.1 Å². The maximum atomic E-state index is 14.0. The summed E-state index contributed by atoms with van der Waals surface area (Å²) in [6.45, 7) is 0.431. The van der Waals surface area contributed by atoms with Gasteiger partial charge in [0.1, 0.15) is 29.2 Å². The molecule has 2 aromatic carbocycles. The molecule has 0 fully saturated rings. The van der Waals surface area contributed by atoms with Gasteiger partial charge in [-0.1, -0.05) is 42.5 Å². The van der Waals surface area contributed by atoms with Crippen LogP contribution in [0.4, 0.5) is 4.39 Å². The molecule has 0 radical (unpaired) electrons. The maximum absolute atomic E-state index is 14.0. The Morgan fingerprint density at radius 1 is 1.14 bits per heavy atom. The molecule has 2 aromatic heterocycles. The number of carbonyl (C=O) groups is 1. The molecular formula is C20H16FN5OS.